The minimum absolute atomic E-state index is 0.119. The molecule has 1 heterocycles. The first-order chi connectivity index (χ1) is 10.8. The van der Waals surface area contributed by atoms with E-state index in [4.69, 9.17) is 0 Å². The summed E-state index contributed by atoms with van der Waals surface area (Å²) in [5.74, 6) is 0.534. The summed E-state index contributed by atoms with van der Waals surface area (Å²) in [5.41, 5.74) is 1.75. The largest absolute Gasteiger partial charge is 0.355 e. The van der Waals surface area contributed by atoms with Gasteiger partial charge in [-0.05, 0) is 23.8 Å². The van der Waals surface area contributed by atoms with E-state index < -0.39 is 0 Å². The molecule has 0 aliphatic carbocycles. The maximum absolute atomic E-state index is 11.7. The predicted molar refractivity (Wildman–Crippen MR) is 92.3 cm³/mol. The number of carbonyl (C=O) groups excluding carboxylic acids is 1. The van der Waals surface area contributed by atoms with Gasteiger partial charge in [-0.1, -0.05) is 39.0 Å². The van der Waals surface area contributed by atoms with Crippen LogP contribution in [0, 0.1) is 0 Å². The van der Waals surface area contributed by atoms with Crippen LogP contribution in [0.5, 0.6) is 0 Å². The second kappa shape index (κ2) is 6.60. The van der Waals surface area contributed by atoms with Gasteiger partial charge in [0.2, 0.25) is 0 Å². The van der Waals surface area contributed by atoms with Crippen LogP contribution in [-0.2, 0) is 5.41 Å². The van der Waals surface area contributed by atoms with E-state index in [1.165, 1.54) is 6.07 Å². The zero-order chi connectivity index (χ0) is 17.0. The van der Waals surface area contributed by atoms with E-state index in [9.17, 15) is 9.59 Å². The first-order valence-corrected chi connectivity index (χ1v) is 7.41. The Balaban J connectivity index is 2.25. The Morgan fingerprint density at radius 3 is 2.39 bits per heavy atom. The number of H-pyrrole nitrogens is 1. The fourth-order valence-electron chi connectivity index (χ4n) is 1.99. The van der Waals surface area contributed by atoms with Crippen molar-refractivity contribution in [3.8, 4) is 0 Å². The average molecular weight is 311 g/mol. The first-order valence-electron chi connectivity index (χ1n) is 7.41. The molecule has 0 radical (unpaired) electrons. The van der Waals surface area contributed by atoms with Crippen molar-refractivity contribution in [3.63, 3.8) is 0 Å². The molecule has 0 atom stereocenters. The Labute approximate surface area is 135 Å². The van der Waals surface area contributed by atoms with Gasteiger partial charge < -0.3 is 10.3 Å². The van der Waals surface area contributed by atoms with E-state index in [0.717, 1.165) is 5.56 Å². The summed E-state index contributed by atoms with van der Waals surface area (Å²) < 4.78 is 0. The standard InChI is InChI=1S/C18H21N3O2/c1-18(2,3)17-20-14(11-15(22)21-17)10-7-12-5-8-13(9-6-12)16(23)19-4/h5-11H,1-4H3,(H,19,23)(H,20,21,22)/b10-7+. The molecular weight excluding hydrogens is 290 g/mol. The molecule has 1 aromatic heterocycles. The van der Waals surface area contributed by atoms with Crippen LogP contribution in [0.3, 0.4) is 0 Å². The predicted octanol–water partition coefficient (Wildman–Crippen LogP) is 2.60. The maximum atomic E-state index is 11.7. The topological polar surface area (TPSA) is 74.8 Å². The molecule has 1 amide bonds. The van der Waals surface area contributed by atoms with Crippen molar-refractivity contribution in [2.24, 2.45) is 0 Å². The molecule has 23 heavy (non-hydrogen) atoms. The molecule has 0 unspecified atom stereocenters. The zero-order valence-corrected chi connectivity index (χ0v) is 13.8. The van der Waals surface area contributed by atoms with Gasteiger partial charge in [0.15, 0.2) is 0 Å². The van der Waals surface area contributed by atoms with E-state index in [-0.39, 0.29) is 16.9 Å². The number of amides is 1. The van der Waals surface area contributed by atoms with Crippen LogP contribution < -0.4 is 10.9 Å². The quantitative estimate of drug-likeness (QED) is 0.915. The number of rotatable bonds is 3. The maximum Gasteiger partial charge on any atom is 0.251 e. The Kier molecular flexibility index (Phi) is 4.79. The minimum atomic E-state index is -0.224. The molecule has 0 aliphatic heterocycles. The molecule has 0 saturated heterocycles. The third-order valence-corrected chi connectivity index (χ3v) is 3.32. The van der Waals surface area contributed by atoms with E-state index in [1.807, 2.05) is 39.0 Å². The molecule has 0 fully saturated rings. The first kappa shape index (κ1) is 16.7. The van der Waals surface area contributed by atoms with Crippen molar-refractivity contribution in [2.75, 3.05) is 7.05 Å². The molecule has 0 aliphatic rings. The fourth-order valence-corrected chi connectivity index (χ4v) is 1.99. The second-order valence-electron chi connectivity index (χ2n) is 6.30. The van der Waals surface area contributed by atoms with E-state index in [2.05, 4.69) is 15.3 Å². The van der Waals surface area contributed by atoms with Gasteiger partial charge in [0.25, 0.3) is 11.5 Å². The van der Waals surface area contributed by atoms with Crippen LogP contribution in [0.2, 0.25) is 0 Å². The van der Waals surface area contributed by atoms with Gasteiger partial charge in [-0.15, -0.1) is 0 Å². The number of benzene rings is 1. The summed E-state index contributed by atoms with van der Waals surface area (Å²) in [4.78, 5) is 30.5. The lowest BCUT2D eigenvalue weighted by Crippen LogP contribution is -2.22. The van der Waals surface area contributed by atoms with Crippen molar-refractivity contribution in [3.05, 3.63) is 63.3 Å². The number of aromatic amines is 1. The molecule has 2 rings (SSSR count). The van der Waals surface area contributed by atoms with Crippen LogP contribution in [0.4, 0.5) is 0 Å². The van der Waals surface area contributed by atoms with Crippen molar-refractivity contribution < 1.29 is 4.79 Å². The number of aromatic nitrogens is 2. The summed E-state index contributed by atoms with van der Waals surface area (Å²) in [6.07, 6.45) is 3.65. The normalized spacial score (nSPS) is 11.7. The Morgan fingerprint density at radius 2 is 1.83 bits per heavy atom. The highest BCUT2D eigenvalue weighted by molar-refractivity contribution is 5.94. The number of hydrogen-bond acceptors (Lipinski definition) is 3. The molecule has 0 saturated carbocycles. The van der Waals surface area contributed by atoms with Crippen LogP contribution >= 0.6 is 0 Å². The third kappa shape index (κ3) is 4.39. The average Bonchev–Trinajstić information content (AvgIpc) is 2.51. The van der Waals surface area contributed by atoms with E-state index >= 15 is 0 Å². The number of nitrogens with zero attached hydrogens (tertiary/aromatic N) is 1. The molecule has 1 aromatic carbocycles. The van der Waals surface area contributed by atoms with Crippen molar-refractivity contribution in [1.29, 1.82) is 0 Å². The molecule has 120 valence electrons. The SMILES string of the molecule is CNC(=O)c1ccc(/C=C/c2cc(=O)[nH]c(C(C)(C)C)n2)cc1. The van der Waals surface area contributed by atoms with Gasteiger partial charge >= 0.3 is 0 Å². The Bertz CT molecular complexity index is 781. The van der Waals surface area contributed by atoms with Crippen LogP contribution in [0.25, 0.3) is 12.2 Å². The van der Waals surface area contributed by atoms with Crippen LogP contribution in [-0.4, -0.2) is 22.9 Å². The van der Waals surface area contributed by atoms with Gasteiger partial charge in [-0.3, -0.25) is 9.59 Å². The lowest BCUT2D eigenvalue weighted by atomic mass is 9.95. The van der Waals surface area contributed by atoms with Gasteiger partial charge in [0, 0.05) is 24.1 Å². The summed E-state index contributed by atoms with van der Waals surface area (Å²) >= 11 is 0. The van der Waals surface area contributed by atoms with Crippen molar-refractivity contribution >= 4 is 18.1 Å². The number of nitrogens with one attached hydrogen (secondary N) is 2. The second-order valence-corrected chi connectivity index (χ2v) is 6.30. The fraction of sp³-hybridized carbons (Fsp3) is 0.278. The molecule has 2 N–H and O–H groups in total. The van der Waals surface area contributed by atoms with Crippen molar-refractivity contribution in [2.45, 2.75) is 26.2 Å². The number of hydrogen-bond donors (Lipinski definition) is 2. The number of carbonyl (C=O) groups is 1. The molecular formula is C18H21N3O2. The summed E-state index contributed by atoms with van der Waals surface area (Å²) in [5, 5.41) is 2.58. The van der Waals surface area contributed by atoms with Crippen LogP contribution in [0.1, 0.15) is 48.2 Å². The molecule has 0 spiro atoms. The highest BCUT2D eigenvalue weighted by atomic mass is 16.1. The summed E-state index contributed by atoms with van der Waals surface area (Å²) in [7, 11) is 1.60. The zero-order valence-electron chi connectivity index (χ0n) is 13.8. The van der Waals surface area contributed by atoms with Gasteiger partial charge in [-0.2, -0.15) is 0 Å². The highest BCUT2D eigenvalue weighted by Gasteiger charge is 2.16. The van der Waals surface area contributed by atoms with E-state index in [0.29, 0.717) is 17.1 Å². The van der Waals surface area contributed by atoms with Gasteiger partial charge in [0.05, 0.1) is 5.69 Å². The molecule has 0 bridgehead atoms. The highest BCUT2D eigenvalue weighted by Crippen LogP contribution is 2.17. The van der Waals surface area contributed by atoms with Crippen molar-refractivity contribution in [1.82, 2.24) is 15.3 Å². The van der Waals surface area contributed by atoms with Gasteiger partial charge in [-0.25, -0.2) is 4.98 Å². The monoisotopic (exact) mass is 311 g/mol. The molecule has 2 aromatic rings. The lowest BCUT2D eigenvalue weighted by Gasteiger charge is -2.16. The summed E-state index contributed by atoms with van der Waals surface area (Å²) in [6, 6.07) is 8.66. The smallest absolute Gasteiger partial charge is 0.251 e. The molecule has 5 nitrogen and oxygen atoms in total. The lowest BCUT2D eigenvalue weighted by molar-refractivity contribution is 0.0963. The Morgan fingerprint density at radius 1 is 1.17 bits per heavy atom. The Hall–Kier alpha value is -2.69. The molecule has 5 heteroatoms. The van der Waals surface area contributed by atoms with Gasteiger partial charge in [0.1, 0.15) is 5.82 Å². The van der Waals surface area contributed by atoms with E-state index in [1.54, 1.807) is 25.3 Å². The third-order valence-electron chi connectivity index (χ3n) is 3.32. The summed E-state index contributed by atoms with van der Waals surface area (Å²) in [6.45, 7) is 5.99. The van der Waals surface area contributed by atoms with Crippen LogP contribution in [0.15, 0.2) is 35.1 Å². The minimum Gasteiger partial charge on any atom is -0.355 e.